The third kappa shape index (κ3) is 3.47. The molecule has 0 fully saturated rings. The highest BCUT2D eigenvalue weighted by atomic mass is 19.4. The Morgan fingerprint density at radius 1 is 1.36 bits per heavy atom. The van der Waals surface area contributed by atoms with Crippen LogP contribution in [0.4, 0.5) is 24.8 Å². The van der Waals surface area contributed by atoms with Crippen LogP contribution in [0.3, 0.4) is 0 Å². The topological polar surface area (TPSA) is 88.9 Å². The van der Waals surface area contributed by atoms with Crippen molar-refractivity contribution in [3.8, 4) is 0 Å². The Bertz CT molecular complexity index is 814. The fraction of sp³-hybridized carbons (Fsp3) is 0.333. The number of rotatable bonds is 3. The van der Waals surface area contributed by atoms with E-state index in [-0.39, 0.29) is 6.42 Å². The number of hydrogen-bond donors (Lipinski definition) is 2. The Kier molecular flexibility index (Phi) is 4.19. The van der Waals surface area contributed by atoms with Gasteiger partial charge in [-0.25, -0.2) is 4.68 Å². The molecule has 10 heteroatoms. The number of carbonyl (C=O) groups excluding carboxylic acids is 2. The largest absolute Gasteiger partial charge is 0.453 e. The zero-order valence-electron chi connectivity index (χ0n) is 13.1. The number of anilines is 2. The Hall–Kier alpha value is -2.91. The number of hydrogen-bond acceptors (Lipinski definition) is 4. The maximum Gasteiger partial charge on any atom is 0.453 e. The molecule has 1 unspecified atom stereocenters. The highest BCUT2D eigenvalue weighted by Crippen LogP contribution is 2.31. The van der Waals surface area contributed by atoms with Gasteiger partial charge in [0, 0.05) is 5.69 Å². The van der Waals surface area contributed by atoms with Crippen molar-refractivity contribution in [2.24, 2.45) is 0 Å². The second kappa shape index (κ2) is 6.19. The molecule has 3 rings (SSSR count). The zero-order valence-corrected chi connectivity index (χ0v) is 13.1. The van der Waals surface area contributed by atoms with E-state index in [9.17, 15) is 22.8 Å². The number of fused-ring (bicyclic) bond motifs is 1. The van der Waals surface area contributed by atoms with E-state index in [2.05, 4.69) is 20.7 Å². The van der Waals surface area contributed by atoms with Crippen LogP contribution in [0, 0.1) is 0 Å². The molecule has 2 amide bonds. The van der Waals surface area contributed by atoms with Gasteiger partial charge >= 0.3 is 6.18 Å². The van der Waals surface area contributed by atoms with E-state index in [1.807, 2.05) is 19.1 Å². The smallest absolute Gasteiger partial charge is 0.324 e. The maximum atomic E-state index is 12.8. The molecule has 1 aliphatic heterocycles. The molecule has 0 saturated carbocycles. The van der Waals surface area contributed by atoms with E-state index in [1.165, 1.54) is 0 Å². The maximum absolute atomic E-state index is 12.8. The predicted molar refractivity (Wildman–Crippen MR) is 81.8 cm³/mol. The van der Waals surface area contributed by atoms with Crippen molar-refractivity contribution in [2.45, 2.75) is 32.0 Å². The fourth-order valence-electron chi connectivity index (χ4n) is 2.44. The number of alkyl halides is 3. The summed E-state index contributed by atoms with van der Waals surface area (Å²) in [5.74, 6) is -3.05. The van der Waals surface area contributed by atoms with Crippen LogP contribution in [0.15, 0.2) is 24.3 Å². The summed E-state index contributed by atoms with van der Waals surface area (Å²) in [7, 11) is 0. The normalized spacial score (nSPS) is 17.0. The molecule has 0 bridgehead atoms. The molecule has 0 spiro atoms. The van der Waals surface area contributed by atoms with Crippen LogP contribution >= 0.6 is 0 Å². The van der Waals surface area contributed by atoms with Gasteiger partial charge in [0.1, 0.15) is 6.04 Å². The molecule has 1 atom stereocenters. The van der Waals surface area contributed by atoms with Crippen molar-refractivity contribution in [2.75, 3.05) is 10.6 Å². The summed E-state index contributed by atoms with van der Waals surface area (Å²) in [6.07, 6.45) is -4.27. The minimum atomic E-state index is -4.77. The van der Waals surface area contributed by atoms with Gasteiger partial charge in [0.2, 0.25) is 17.8 Å². The molecule has 0 radical (unpaired) electrons. The van der Waals surface area contributed by atoms with Crippen molar-refractivity contribution in [3.05, 3.63) is 35.7 Å². The van der Waals surface area contributed by atoms with E-state index in [0.29, 0.717) is 5.69 Å². The number of aromatic nitrogens is 3. The first kappa shape index (κ1) is 16.9. The lowest BCUT2D eigenvalue weighted by Gasteiger charge is -2.22. The van der Waals surface area contributed by atoms with E-state index in [1.54, 1.807) is 12.1 Å². The number of aryl methyl sites for hydroxylation is 1. The third-order valence-electron chi connectivity index (χ3n) is 3.74. The van der Waals surface area contributed by atoms with Gasteiger partial charge in [-0.3, -0.25) is 14.9 Å². The Morgan fingerprint density at radius 2 is 2.04 bits per heavy atom. The van der Waals surface area contributed by atoms with Crippen LogP contribution in [-0.2, 0) is 22.2 Å². The van der Waals surface area contributed by atoms with E-state index < -0.39 is 35.8 Å². The van der Waals surface area contributed by atoms with Crippen molar-refractivity contribution < 1.29 is 22.8 Å². The molecular formula is C15H14F3N5O2. The van der Waals surface area contributed by atoms with Gasteiger partial charge in [-0.1, -0.05) is 19.1 Å². The van der Waals surface area contributed by atoms with Gasteiger partial charge in [-0.05, 0) is 24.1 Å². The summed E-state index contributed by atoms with van der Waals surface area (Å²) in [4.78, 5) is 27.4. The standard InChI is InChI=1S/C15H14F3N5O2/c1-2-8-3-5-9(6-4-8)19-12(25)10-7-11(24)20-14-21-13(15(16,17)18)22-23(10)14/h3-6,10H,2,7H2,1H3,(H,19,25)(H,20,21,22,24). The Balaban J connectivity index is 1.85. The highest BCUT2D eigenvalue weighted by molar-refractivity contribution is 6.00. The molecule has 2 N–H and O–H groups in total. The molecular weight excluding hydrogens is 339 g/mol. The minimum Gasteiger partial charge on any atom is -0.324 e. The zero-order chi connectivity index (χ0) is 18.2. The number of benzene rings is 1. The van der Waals surface area contributed by atoms with Crippen LogP contribution in [0.1, 0.15) is 30.8 Å². The Morgan fingerprint density at radius 3 is 2.64 bits per heavy atom. The molecule has 132 valence electrons. The lowest BCUT2D eigenvalue weighted by Crippen LogP contribution is -2.36. The second-order valence-electron chi connectivity index (χ2n) is 5.51. The number of halogens is 3. The van der Waals surface area contributed by atoms with Gasteiger partial charge in [0.15, 0.2) is 0 Å². The molecule has 2 heterocycles. The summed E-state index contributed by atoms with van der Waals surface area (Å²) < 4.78 is 39.1. The van der Waals surface area contributed by atoms with Gasteiger partial charge in [0.25, 0.3) is 5.82 Å². The SMILES string of the molecule is CCc1ccc(NC(=O)C2CC(=O)Nc3nc(C(F)(F)F)nn32)cc1. The average Bonchev–Trinajstić information content (AvgIpc) is 2.98. The predicted octanol–water partition coefficient (Wildman–Crippen LogP) is 2.38. The van der Waals surface area contributed by atoms with Crippen LogP contribution in [0.2, 0.25) is 0 Å². The van der Waals surface area contributed by atoms with Gasteiger partial charge in [0.05, 0.1) is 6.42 Å². The van der Waals surface area contributed by atoms with Crippen molar-refractivity contribution in [1.29, 1.82) is 0 Å². The molecule has 0 aliphatic carbocycles. The van der Waals surface area contributed by atoms with Crippen molar-refractivity contribution in [1.82, 2.24) is 14.8 Å². The molecule has 25 heavy (non-hydrogen) atoms. The van der Waals surface area contributed by atoms with Gasteiger partial charge in [-0.15, -0.1) is 5.10 Å². The van der Waals surface area contributed by atoms with E-state index >= 15 is 0 Å². The van der Waals surface area contributed by atoms with Crippen molar-refractivity contribution in [3.63, 3.8) is 0 Å². The van der Waals surface area contributed by atoms with Gasteiger partial charge in [-0.2, -0.15) is 18.2 Å². The molecule has 2 aromatic rings. The highest BCUT2D eigenvalue weighted by Gasteiger charge is 2.41. The number of carbonyl (C=O) groups is 2. The van der Waals surface area contributed by atoms with Crippen LogP contribution in [0.25, 0.3) is 0 Å². The fourth-order valence-corrected chi connectivity index (χ4v) is 2.44. The molecule has 0 saturated heterocycles. The number of nitrogens with one attached hydrogen (secondary N) is 2. The monoisotopic (exact) mass is 353 g/mol. The number of amides is 2. The summed E-state index contributed by atoms with van der Waals surface area (Å²) in [5, 5.41) is 8.10. The van der Waals surface area contributed by atoms with E-state index in [0.717, 1.165) is 16.7 Å². The number of nitrogens with zero attached hydrogens (tertiary/aromatic N) is 3. The summed E-state index contributed by atoms with van der Waals surface area (Å²) >= 11 is 0. The van der Waals surface area contributed by atoms with Crippen LogP contribution in [0.5, 0.6) is 0 Å². The lowest BCUT2D eigenvalue weighted by molar-refractivity contribution is -0.145. The van der Waals surface area contributed by atoms with Crippen LogP contribution in [-0.4, -0.2) is 26.6 Å². The lowest BCUT2D eigenvalue weighted by atomic mass is 10.1. The summed E-state index contributed by atoms with van der Waals surface area (Å²) in [5.41, 5.74) is 1.55. The molecule has 7 nitrogen and oxygen atoms in total. The van der Waals surface area contributed by atoms with Crippen LogP contribution < -0.4 is 10.6 Å². The first-order chi connectivity index (χ1) is 11.8. The average molecular weight is 353 g/mol. The van der Waals surface area contributed by atoms with Gasteiger partial charge < -0.3 is 5.32 Å². The second-order valence-corrected chi connectivity index (χ2v) is 5.51. The first-order valence-electron chi connectivity index (χ1n) is 7.51. The van der Waals surface area contributed by atoms with E-state index in [4.69, 9.17) is 0 Å². The molecule has 1 aromatic carbocycles. The summed E-state index contributed by atoms with van der Waals surface area (Å²) in [6.45, 7) is 1.98. The third-order valence-corrected chi connectivity index (χ3v) is 3.74. The Labute approximate surface area is 140 Å². The quantitative estimate of drug-likeness (QED) is 0.887. The molecule has 1 aromatic heterocycles. The summed E-state index contributed by atoms with van der Waals surface area (Å²) in [6, 6.07) is 5.81. The van der Waals surface area contributed by atoms with Crippen molar-refractivity contribution >= 4 is 23.5 Å². The molecule has 1 aliphatic rings. The minimum absolute atomic E-state index is 0.327. The first-order valence-corrected chi connectivity index (χ1v) is 7.51.